The number of benzene rings is 1. The lowest BCUT2D eigenvalue weighted by atomic mass is 9.94. The molecule has 102 valence electrons. The lowest BCUT2D eigenvalue weighted by Crippen LogP contribution is -2.23. The van der Waals surface area contributed by atoms with E-state index in [1.807, 2.05) is 6.20 Å². The Labute approximate surface area is 116 Å². The predicted molar refractivity (Wildman–Crippen MR) is 82.2 cm³/mol. The van der Waals surface area contributed by atoms with Crippen molar-refractivity contribution in [3.05, 3.63) is 42.1 Å². The highest BCUT2D eigenvalue weighted by Crippen LogP contribution is 2.27. The predicted octanol–water partition coefficient (Wildman–Crippen LogP) is 4.32. The maximum Gasteiger partial charge on any atom is 0.0705 e. The summed E-state index contributed by atoms with van der Waals surface area (Å²) >= 11 is 0. The summed E-state index contributed by atoms with van der Waals surface area (Å²) in [6.07, 6.45) is 4.25. The number of fused-ring (bicyclic) bond motifs is 1. The second-order valence-electron chi connectivity index (χ2n) is 5.55. The summed E-state index contributed by atoms with van der Waals surface area (Å²) in [7, 11) is 0. The molecule has 0 saturated carbocycles. The molecule has 0 spiro atoms. The van der Waals surface area contributed by atoms with Crippen molar-refractivity contribution in [2.75, 3.05) is 6.54 Å². The van der Waals surface area contributed by atoms with Gasteiger partial charge in [0.25, 0.3) is 0 Å². The van der Waals surface area contributed by atoms with Gasteiger partial charge in [-0.3, -0.25) is 4.98 Å². The Hall–Kier alpha value is -1.41. The van der Waals surface area contributed by atoms with E-state index in [0.717, 1.165) is 24.9 Å². The van der Waals surface area contributed by atoms with Crippen molar-refractivity contribution >= 4 is 10.9 Å². The van der Waals surface area contributed by atoms with Crippen molar-refractivity contribution < 1.29 is 0 Å². The number of rotatable bonds is 6. The van der Waals surface area contributed by atoms with Crippen molar-refractivity contribution in [2.24, 2.45) is 5.92 Å². The number of nitrogens with one attached hydrogen (secondary N) is 1. The molecular formula is C17H24N2. The summed E-state index contributed by atoms with van der Waals surface area (Å²) in [4.78, 5) is 4.46. The molecule has 0 radical (unpaired) electrons. The molecule has 19 heavy (non-hydrogen) atoms. The minimum absolute atomic E-state index is 0.424. The monoisotopic (exact) mass is 256 g/mol. The molecule has 1 aromatic heterocycles. The van der Waals surface area contributed by atoms with Crippen LogP contribution in [-0.2, 0) is 0 Å². The fraction of sp³-hybridized carbons (Fsp3) is 0.471. The fourth-order valence-corrected chi connectivity index (χ4v) is 2.53. The third-order valence-corrected chi connectivity index (χ3v) is 3.41. The van der Waals surface area contributed by atoms with E-state index in [1.165, 1.54) is 10.9 Å². The summed E-state index contributed by atoms with van der Waals surface area (Å²) in [5.41, 5.74) is 2.47. The first-order valence-corrected chi connectivity index (χ1v) is 7.29. The largest absolute Gasteiger partial charge is 0.310 e. The maximum atomic E-state index is 4.46. The number of para-hydroxylation sites is 1. The molecule has 0 aliphatic rings. The molecule has 2 rings (SSSR count). The van der Waals surface area contributed by atoms with Crippen LogP contribution in [0.5, 0.6) is 0 Å². The Bertz CT molecular complexity index is 514. The van der Waals surface area contributed by atoms with E-state index in [1.54, 1.807) is 0 Å². The number of aromatic nitrogens is 1. The van der Waals surface area contributed by atoms with Crippen molar-refractivity contribution in [2.45, 2.75) is 39.7 Å². The summed E-state index contributed by atoms with van der Waals surface area (Å²) in [5, 5.41) is 4.96. The molecule has 1 unspecified atom stereocenters. The van der Waals surface area contributed by atoms with Gasteiger partial charge in [0.2, 0.25) is 0 Å². The molecule has 2 heteroatoms. The Morgan fingerprint density at radius 1 is 1.16 bits per heavy atom. The Morgan fingerprint density at radius 3 is 2.68 bits per heavy atom. The minimum Gasteiger partial charge on any atom is -0.310 e. The van der Waals surface area contributed by atoms with Gasteiger partial charge < -0.3 is 5.32 Å². The average Bonchev–Trinajstić information content (AvgIpc) is 2.42. The molecule has 1 aromatic carbocycles. The highest BCUT2D eigenvalue weighted by Gasteiger charge is 2.15. The van der Waals surface area contributed by atoms with Crippen LogP contribution in [0, 0.1) is 5.92 Å². The SMILES string of the molecule is CCCNC(CC(C)C)c1ccnc2ccccc12. The smallest absolute Gasteiger partial charge is 0.0705 e. The maximum absolute atomic E-state index is 4.46. The zero-order chi connectivity index (χ0) is 13.7. The van der Waals surface area contributed by atoms with Crippen LogP contribution < -0.4 is 5.32 Å². The van der Waals surface area contributed by atoms with Crippen LogP contribution in [0.1, 0.15) is 45.2 Å². The van der Waals surface area contributed by atoms with Gasteiger partial charge in [0, 0.05) is 17.6 Å². The molecule has 0 amide bonds. The second-order valence-corrected chi connectivity index (χ2v) is 5.55. The first-order chi connectivity index (χ1) is 9.22. The lowest BCUT2D eigenvalue weighted by Gasteiger charge is -2.22. The third-order valence-electron chi connectivity index (χ3n) is 3.41. The van der Waals surface area contributed by atoms with E-state index in [-0.39, 0.29) is 0 Å². The number of pyridine rings is 1. The van der Waals surface area contributed by atoms with Gasteiger partial charge in [-0.15, -0.1) is 0 Å². The Kier molecular flexibility index (Phi) is 4.92. The molecule has 2 nitrogen and oxygen atoms in total. The molecule has 0 saturated heterocycles. The first-order valence-electron chi connectivity index (χ1n) is 7.29. The van der Waals surface area contributed by atoms with Gasteiger partial charge in [0.1, 0.15) is 0 Å². The van der Waals surface area contributed by atoms with Crippen LogP contribution in [0.3, 0.4) is 0 Å². The van der Waals surface area contributed by atoms with Crippen molar-refractivity contribution in [3.63, 3.8) is 0 Å². The third kappa shape index (κ3) is 3.54. The lowest BCUT2D eigenvalue weighted by molar-refractivity contribution is 0.432. The van der Waals surface area contributed by atoms with Gasteiger partial charge in [-0.05, 0) is 43.0 Å². The van der Waals surface area contributed by atoms with Crippen LogP contribution in [-0.4, -0.2) is 11.5 Å². The van der Waals surface area contributed by atoms with E-state index < -0.39 is 0 Å². The number of hydrogen-bond donors (Lipinski definition) is 1. The molecule has 0 bridgehead atoms. The van der Waals surface area contributed by atoms with Crippen LogP contribution in [0.4, 0.5) is 0 Å². The topological polar surface area (TPSA) is 24.9 Å². The van der Waals surface area contributed by atoms with E-state index in [9.17, 15) is 0 Å². The van der Waals surface area contributed by atoms with E-state index >= 15 is 0 Å². The van der Waals surface area contributed by atoms with Crippen molar-refractivity contribution in [3.8, 4) is 0 Å². The minimum atomic E-state index is 0.424. The average molecular weight is 256 g/mol. The molecule has 0 aliphatic heterocycles. The number of nitrogens with zero attached hydrogens (tertiary/aromatic N) is 1. The van der Waals surface area contributed by atoms with Crippen LogP contribution in [0.2, 0.25) is 0 Å². The molecule has 0 fully saturated rings. The van der Waals surface area contributed by atoms with Gasteiger partial charge >= 0.3 is 0 Å². The van der Waals surface area contributed by atoms with Gasteiger partial charge in [0.05, 0.1) is 5.52 Å². The molecular weight excluding hydrogens is 232 g/mol. The fourth-order valence-electron chi connectivity index (χ4n) is 2.53. The molecule has 1 atom stereocenters. The Balaban J connectivity index is 2.37. The van der Waals surface area contributed by atoms with Gasteiger partial charge in [-0.25, -0.2) is 0 Å². The summed E-state index contributed by atoms with van der Waals surface area (Å²) in [5.74, 6) is 0.682. The first kappa shape index (κ1) is 14.0. The van der Waals surface area contributed by atoms with Crippen LogP contribution in [0.15, 0.2) is 36.5 Å². The summed E-state index contributed by atoms with van der Waals surface area (Å²) < 4.78 is 0. The molecule has 1 N–H and O–H groups in total. The molecule has 2 aromatic rings. The van der Waals surface area contributed by atoms with Crippen LogP contribution >= 0.6 is 0 Å². The highest BCUT2D eigenvalue weighted by molar-refractivity contribution is 5.82. The van der Waals surface area contributed by atoms with Crippen molar-refractivity contribution in [1.29, 1.82) is 0 Å². The van der Waals surface area contributed by atoms with E-state index in [2.05, 4.69) is 61.4 Å². The zero-order valence-electron chi connectivity index (χ0n) is 12.2. The molecule has 1 heterocycles. The Morgan fingerprint density at radius 2 is 1.95 bits per heavy atom. The highest BCUT2D eigenvalue weighted by atomic mass is 14.9. The van der Waals surface area contributed by atoms with E-state index in [4.69, 9.17) is 0 Å². The summed E-state index contributed by atoms with van der Waals surface area (Å²) in [6, 6.07) is 11.0. The van der Waals surface area contributed by atoms with Crippen molar-refractivity contribution in [1.82, 2.24) is 10.3 Å². The standard InChI is InChI=1S/C17H24N2/c1-4-10-18-17(12-13(2)3)15-9-11-19-16-8-6-5-7-14(15)16/h5-9,11,13,17-18H,4,10,12H2,1-3H3. The zero-order valence-corrected chi connectivity index (χ0v) is 12.2. The van der Waals surface area contributed by atoms with Gasteiger partial charge in [-0.1, -0.05) is 39.0 Å². The molecule has 0 aliphatic carbocycles. The van der Waals surface area contributed by atoms with Gasteiger partial charge in [-0.2, -0.15) is 0 Å². The second kappa shape index (κ2) is 6.67. The van der Waals surface area contributed by atoms with E-state index in [0.29, 0.717) is 12.0 Å². The van der Waals surface area contributed by atoms with Crippen LogP contribution in [0.25, 0.3) is 10.9 Å². The normalized spacial score (nSPS) is 13.1. The quantitative estimate of drug-likeness (QED) is 0.832. The van der Waals surface area contributed by atoms with Gasteiger partial charge in [0.15, 0.2) is 0 Å². The summed E-state index contributed by atoms with van der Waals surface area (Å²) in [6.45, 7) is 7.84. The number of hydrogen-bond acceptors (Lipinski definition) is 2.